The molecule has 2 aliphatic rings. The minimum atomic E-state index is 0.297. The smallest absolute Gasteiger partial charge is 0.161 e. The molecule has 0 spiro atoms. The lowest BCUT2D eigenvalue weighted by molar-refractivity contribution is 0.0247. The molecule has 24 heavy (non-hydrogen) atoms. The van der Waals surface area contributed by atoms with E-state index >= 15 is 0 Å². The van der Waals surface area contributed by atoms with Crippen LogP contribution in [0.1, 0.15) is 30.5 Å². The number of nitrogens with zero attached hydrogens (tertiary/aromatic N) is 2. The molecular formula is C19H24N4O. The van der Waals surface area contributed by atoms with E-state index in [4.69, 9.17) is 14.7 Å². The molecule has 1 aromatic heterocycles. The molecule has 5 nitrogen and oxygen atoms in total. The normalized spacial score (nSPS) is 20.4. The van der Waals surface area contributed by atoms with E-state index in [-0.39, 0.29) is 0 Å². The maximum atomic E-state index is 5.84. The van der Waals surface area contributed by atoms with Crippen LogP contribution in [0.4, 0.5) is 5.82 Å². The van der Waals surface area contributed by atoms with Gasteiger partial charge in [0.2, 0.25) is 0 Å². The average molecular weight is 324 g/mol. The molecule has 1 atom stereocenters. The van der Waals surface area contributed by atoms with Gasteiger partial charge < -0.3 is 15.4 Å². The molecule has 3 heterocycles. The summed E-state index contributed by atoms with van der Waals surface area (Å²) in [5.41, 5.74) is 3.43. The van der Waals surface area contributed by atoms with Crippen molar-refractivity contribution >= 4 is 5.82 Å². The van der Waals surface area contributed by atoms with E-state index in [2.05, 4.69) is 22.8 Å². The molecule has 0 unspecified atom stereocenters. The third-order valence-electron chi connectivity index (χ3n) is 4.74. The van der Waals surface area contributed by atoms with E-state index in [1.807, 2.05) is 18.2 Å². The zero-order chi connectivity index (χ0) is 16.2. The molecule has 0 amide bonds. The lowest BCUT2D eigenvalue weighted by Gasteiger charge is -2.25. The highest BCUT2D eigenvalue weighted by Crippen LogP contribution is 2.25. The molecule has 5 heteroatoms. The molecule has 0 saturated carbocycles. The molecule has 126 valence electrons. The maximum Gasteiger partial charge on any atom is 0.161 e. The van der Waals surface area contributed by atoms with E-state index < -0.39 is 0 Å². The number of hydrogen-bond donors (Lipinski definition) is 2. The standard InChI is InChI=1S/C19H24N4O/c1-2-6-14(7-3-1)18-22-17-13-20-10-9-16(17)19(23-18)21-12-15-8-4-5-11-24-15/h1-3,6-7,15,20H,4-5,8-13H2,(H,21,22,23)/t15-/m1/s1. The van der Waals surface area contributed by atoms with Gasteiger partial charge in [0.1, 0.15) is 5.82 Å². The van der Waals surface area contributed by atoms with Crippen molar-refractivity contribution in [2.24, 2.45) is 0 Å². The molecule has 2 N–H and O–H groups in total. The van der Waals surface area contributed by atoms with Crippen LogP contribution in [0.5, 0.6) is 0 Å². The van der Waals surface area contributed by atoms with Crippen molar-refractivity contribution < 1.29 is 4.74 Å². The average Bonchev–Trinajstić information content (AvgIpc) is 2.67. The first kappa shape index (κ1) is 15.5. The Bertz CT molecular complexity index is 683. The first-order valence-corrected chi connectivity index (χ1v) is 8.91. The van der Waals surface area contributed by atoms with E-state index in [1.165, 1.54) is 18.4 Å². The van der Waals surface area contributed by atoms with Gasteiger partial charge in [-0.1, -0.05) is 30.3 Å². The number of fused-ring (bicyclic) bond motifs is 1. The summed E-state index contributed by atoms with van der Waals surface area (Å²) < 4.78 is 5.84. The largest absolute Gasteiger partial charge is 0.376 e. The fourth-order valence-electron chi connectivity index (χ4n) is 3.40. The van der Waals surface area contributed by atoms with Crippen molar-refractivity contribution in [3.05, 3.63) is 41.6 Å². The summed E-state index contributed by atoms with van der Waals surface area (Å²) in [5, 5.41) is 6.96. The van der Waals surface area contributed by atoms with Crippen LogP contribution in [0, 0.1) is 0 Å². The summed E-state index contributed by atoms with van der Waals surface area (Å²) in [6, 6.07) is 10.2. The highest BCUT2D eigenvalue weighted by Gasteiger charge is 2.20. The van der Waals surface area contributed by atoms with Crippen LogP contribution >= 0.6 is 0 Å². The van der Waals surface area contributed by atoms with Gasteiger partial charge in [-0.3, -0.25) is 0 Å². The van der Waals surface area contributed by atoms with Gasteiger partial charge in [0.05, 0.1) is 11.8 Å². The van der Waals surface area contributed by atoms with Crippen LogP contribution < -0.4 is 10.6 Å². The first-order valence-electron chi connectivity index (χ1n) is 8.91. The number of aromatic nitrogens is 2. The maximum absolute atomic E-state index is 5.84. The topological polar surface area (TPSA) is 59.1 Å². The highest BCUT2D eigenvalue weighted by atomic mass is 16.5. The van der Waals surface area contributed by atoms with Crippen molar-refractivity contribution in [1.29, 1.82) is 0 Å². The van der Waals surface area contributed by atoms with Crippen LogP contribution in [0.25, 0.3) is 11.4 Å². The Morgan fingerprint density at radius 1 is 1.17 bits per heavy atom. The number of rotatable bonds is 4. The van der Waals surface area contributed by atoms with E-state index in [0.717, 1.165) is 62.0 Å². The molecule has 2 aliphatic heterocycles. The summed E-state index contributed by atoms with van der Waals surface area (Å²) in [6.45, 7) is 3.50. The lowest BCUT2D eigenvalue weighted by atomic mass is 10.1. The second-order valence-corrected chi connectivity index (χ2v) is 6.48. The second-order valence-electron chi connectivity index (χ2n) is 6.48. The molecule has 2 aromatic rings. The molecule has 1 fully saturated rings. The zero-order valence-electron chi connectivity index (χ0n) is 13.9. The predicted molar refractivity (Wildman–Crippen MR) is 95.0 cm³/mol. The third-order valence-corrected chi connectivity index (χ3v) is 4.74. The van der Waals surface area contributed by atoms with Gasteiger partial charge in [-0.05, 0) is 32.2 Å². The molecule has 1 aromatic carbocycles. The van der Waals surface area contributed by atoms with Crippen LogP contribution in [-0.4, -0.2) is 35.8 Å². The fraction of sp³-hybridized carbons (Fsp3) is 0.474. The van der Waals surface area contributed by atoms with Gasteiger partial charge >= 0.3 is 0 Å². The zero-order valence-corrected chi connectivity index (χ0v) is 13.9. The number of nitrogens with one attached hydrogen (secondary N) is 2. The Balaban J connectivity index is 1.61. The Morgan fingerprint density at radius 3 is 2.92 bits per heavy atom. The van der Waals surface area contributed by atoms with Crippen molar-refractivity contribution in [1.82, 2.24) is 15.3 Å². The van der Waals surface area contributed by atoms with Crippen molar-refractivity contribution in [3.8, 4) is 11.4 Å². The van der Waals surface area contributed by atoms with Gasteiger partial charge in [-0.25, -0.2) is 9.97 Å². The minimum absolute atomic E-state index is 0.297. The molecule has 0 bridgehead atoms. The van der Waals surface area contributed by atoms with Crippen molar-refractivity contribution in [2.45, 2.75) is 38.3 Å². The van der Waals surface area contributed by atoms with Gasteiger partial charge in [0.15, 0.2) is 5.82 Å². The SMILES string of the molecule is c1ccc(-c2nc3c(c(NC[C@H]4CCCCO4)n2)CCNC3)cc1. The third kappa shape index (κ3) is 3.42. The second kappa shape index (κ2) is 7.28. The van der Waals surface area contributed by atoms with E-state index in [1.54, 1.807) is 0 Å². The first-order chi connectivity index (χ1) is 11.9. The van der Waals surface area contributed by atoms with Crippen molar-refractivity contribution in [2.75, 3.05) is 25.0 Å². The summed E-state index contributed by atoms with van der Waals surface area (Å²) in [5.74, 6) is 1.78. The monoisotopic (exact) mass is 324 g/mol. The lowest BCUT2D eigenvalue weighted by Crippen LogP contribution is -2.30. The van der Waals surface area contributed by atoms with E-state index in [9.17, 15) is 0 Å². The molecular weight excluding hydrogens is 300 g/mol. The molecule has 1 saturated heterocycles. The summed E-state index contributed by atoms with van der Waals surface area (Å²) in [6.07, 6.45) is 4.84. The number of anilines is 1. The number of benzene rings is 1. The molecule has 0 radical (unpaired) electrons. The predicted octanol–water partition coefficient (Wildman–Crippen LogP) is 2.77. The van der Waals surface area contributed by atoms with Crippen LogP contribution in [0.3, 0.4) is 0 Å². The number of hydrogen-bond acceptors (Lipinski definition) is 5. The number of ether oxygens (including phenoxy) is 1. The van der Waals surface area contributed by atoms with Gasteiger partial charge in [0.25, 0.3) is 0 Å². The van der Waals surface area contributed by atoms with Crippen LogP contribution in [0.15, 0.2) is 30.3 Å². The fourth-order valence-corrected chi connectivity index (χ4v) is 3.40. The van der Waals surface area contributed by atoms with Gasteiger partial charge in [-0.2, -0.15) is 0 Å². The van der Waals surface area contributed by atoms with Crippen molar-refractivity contribution in [3.63, 3.8) is 0 Å². The summed E-state index contributed by atoms with van der Waals surface area (Å²) >= 11 is 0. The Morgan fingerprint density at radius 2 is 2.08 bits per heavy atom. The Labute approximate surface area is 142 Å². The summed E-state index contributed by atoms with van der Waals surface area (Å²) in [7, 11) is 0. The summed E-state index contributed by atoms with van der Waals surface area (Å²) in [4.78, 5) is 9.63. The molecule has 4 rings (SSSR count). The Hall–Kier alpha value is -1.98. The van der Waals surface area contributed by atoms with E-state index in [0.29, 0.717) is 6.10 Å². The minimum Gasteiger partial charge on any atom is -0.376 e. The Kier molecular flexibility index (Phi) is 4.71. The van der Waals surface area contributed by atoms with Crippen LogP contribution in [-0.2, 0) is 17.7 Å². The van der Waals surface area contributed by atoms with Crippen LogP contribution in [0.2, 0.25) is 0 Å². The highest BCUT2D eigenvalue weighted by molar-refractivity contribution is 5.60. The van der Waals surface area contributed by atoms with Gasteiger partial charge in [-0.15, -0.1) is 0 Å². The van der Waals surface area contributed by atoms with Gasteiger partial charge in [0, 0.05) is 30.8 Å². The quantitative estimate of drug-likeness (QED) is 0.906. The molecule has 0 aliphatic carbocycles.